The largest absolute Gasteiger partial charge is 0.490 e. The van der Waals surface area contributed by atoms with E-state index in [1.165, 1.54) is 103 Å². The van der Waals surface area contributed by atoms with Crippen molar-refractivity contribution in [2.75, 3.05) is 13.2 Å². The summed E-state index contributed by atoms with van der Waals surface area (Å²) in [5.74, 6) is 1.64. The maximum absolute atomic E-state index is 12.1. The number of hydrogen-bond donors (Lipinski definition) is 2. The second-order valence-corrected chi connectivity index (χ2v) is 15.5. The van der Waals surface area contributed by atoms with Crippen LogP contribution in [0.1, 0.15) is 128 Å². The average molecular weight is 747 g/mol. The summed E-state index contributed by atoms with van der Waals surface area (Å²) in [5, 5.41) is 19.7. The van der Waals surface area contributed by atoms with Crippen molar-refractivity contribution in [1.82, 2.24) is 0 Å². The number of aliphatic carboxylic acids is 2. The molecule has 0 aromatic heterocycles. The van der Waals surface area contributed by atoms with Gasteiger partial charge in [0.05, 0.1) is 13.2 Å². The van der Waals surface area contributed by atoms with Crippen LogP contribution in [0.3, 0.4) is 0 Å². The highest BCUT2D eigenvalue weighted by Gasteiger charge is 2.36. The van der Waals surface area contributed by atoms with Crippen LogP contribution >= 0.6 is 0 Å². The predicted octanol–water partition coefficient (Wildman–Crippen LogP) is 11.0. The predicted molar refractivity (Wildman–Crippen MR) is 214 cm³/mol. The standard InChI is InChI=1S/C46H66O8/c1-3-5-7-11-35-15-19-37(20-16-35)13-9-31-51-41-27-23-39(24-28-41)33-53-43(45(47)48)44(46(49)50)54-34-40-25-29-42(30-26-40)52-32-10-14-38-21-17-36(18-22-38)12-8-6-4-2/h9-10,13-14,23-30,35-38,43-44H,3-8,11-12,15-22,31-34H2,1-2H3,(H,47,48)(H,49,50)/t35-,36-,37-,38-,43-,44-/m1/s1. The molecule has 2 N–H and O–H groups in total. The van der Waals surface area contributed by atoms with E-state index in [4.69, 9.17) is 18.9 Å². The molecule has 0 bridgehead atoms. The first-order valence-electron chi connectivity index (χ1n) is 20.8. The number of unbranched alkanes of at least 4 members (excludes halogenated alkanes) is 4. The molecule has 8 nitrogen and oxygen atoms in total. The Morgan fingerprint density at radius 1 is 0.593 bits per heavy atom. The fourth-order valence-electron chi connectivity index (χ4n) is 7.80. The molecular formula is C46H66O8. The lowest BCUT2D eigenvalue weighted by Crippen LogP contribution is -2.43. The van der Waals surface area contributed by atoms with Gasteiger partial charge in [-0.3, -0.25) is 0 Å². The topological polar surface area (TPSA) is 112 Å². The van der Waals surface area contributed by atoms with Crippen LogP contribution in [0.5, 0.6) is 11.5 Å². The maximum Gasteiger partial charge on any atom is 0.336 e. The second-order valence-electron chi connectivity index (χ2n) is 15.5. The Morgan fingerprint density at radius 3 is 1.30 bits per heavy atom. The molecule has 0 amide bonds. The molecule has 0 saturated heterocycles. The van der Waals surface area contributed by atoms with E-state index in [1.807, 2.05) is 0 Å². The molecule has 2 aliphatic rings. The van der Waals surface area contributed by atoms with E-state index in [2.05, 4.69) is 38.2 Å². The van der Waals surface area contributed by atoms with Crippen LogP contribution in [0.4, 0.5) is 0 Å². The summed E-state index contributed by atoms with van der Waals surface area (Å²) in [6, 6.07) is 14.4. The summed E-state index contributed by atoms with van der Waals surface area (Å²) in [4.78, 5) is 24.2. The van der Waals surface area contributed by atoms with Gasteiger partial charge in [-0.25, -0.2) is 9.59 Å². The van der Waals surface area contributed by atoms with Crippen LogP contribution in [0, 0.1) is 23.7 Å². The summed E-state index contributed by atoms with van der Waals surface area (Å²) in [5.41, 5.74) is 1.39. The lowest BCUT2D eigenvalue weighted by atomic mass is 9.79. The van der Waals surface area contributed by atoms with Crippen LogP contribution in [0.2, 0.25) is 0 Å². The molecule has 4 rings (SSSR count). The van der Waals surface area contributed by atoms with Gasteiger partial charge in [-0.15, -0.1) is 0 Å². The molecule has 2 aromatic carbocycles. The number of allylic oxidation sites excluding steroid dienone is 2. The van der Waals surface area contributed by atoms with Gasteiger partial charge in [0.15, 0.2) is 12.2 Å². The minimum atomic E-state index is -1.69. The molecule has 298 valence electrons. The summed E-state index contributed by atoms with van der Waals surface area (Å²) in [7, 11) is 0. The first kappa shape index (κ1) is 43.1. The van der Waals surface area contributed by atoms with Crippen LogP contribution < -0.4 is 9.47 Å². The third kappa shape index (κ3) is 16.0. The zero-order chi connectivity index (χ0) is 38.4. The Morgan fingerprint density at radius 2 is 0.963 bits per heavy atom. The molecule has 2 atom stereocenters. The van der Waals surface area contributed by atoms with E-state index in [9.17, 15) is 19.8 Å². The van der Waals surface area contributed by atoms with E-state index in [-0.39, 0.29) is 13.2 Å². The van der Waals surface area contributed by atoms with Crippen LogP contribution in [0.15, 0.2) is 72.8 Å². The minimum Gasteiger partial charge on any atom is -0.490 e. The van der Waals surface area contributed by atoms with Crippen molar-refractivity contribution < 1.29 is 38.7 Å². The Balaban J connectivity index is 1.14. The van der Waals surface area contributed by atoms with Gasteiger partial charge in [-0.2, -0.15) is 0 Å². The van der Waals surface area contributed by atoms with Gasteiger partial charge in [0.1, 0.15) is 24.7 Å². The number of carboxylic acids is 2. The Labute approximate surface area is 324 Å². The highest BCUT2D eigenvalue weighted by atomic mass is 16.6. The number of carbonyl (C=O) groups is 2. The number of ether oxygens (including phenoxy) is 4. The Hall–Kier alpha value is -3.62. The molecule has 2 aliphatic carbocycles. The SMILES string of the molecule is CCCCC[C@H]1CC[C@H](C=CCOc2ccc(CO[C@@H](C(=O)O)[C@@H](OCc3ccc(OCC=C[C@H]4CC[C@H](CCCCC)CC4)cc3)C(=O)O)cc2)CC1. The van der Waals surface area contributed by atoms with Crippen LogP contribution in [0.25, 0.3) is 0 Å². The number of rotatable bonds is 25. The molecule has 0 radical (unpaired) electrons. The van der Waals surface area contributed by atoms with Crippen molar-refractivity contribution in [2.24, 2.45) is 23.7 Å². The van der Waals surface area contributed by atoms with Crippen molar-refractivity contribution in [2.45, 2.75) is 142 Å². The van der Waals surface area contributed by atoms with Crippen molar-refractivity contribution >= 4 is 11.9 Å². The molecule has 8 heteroatoms. The first-order chi connectivity index (χ1) is 26.3. The molecule has 2 aromatic rings. The van der Waals surface area contributed by atoms with Crippen LogP contribution in [-0.2, 0) is 32.3 Å². The fraction of sp³-hybridized carbons (Fsp3) is 0.609. The first-order valence-corrected chi connectivity index (χ1v) is 20.8. The highest BCUT2D eigenvalue weighted by molar-refractivity contribution is 5.83. The molecule has 0 spiro atoms. The minimum absolute atomic E-state index is 0.0911. The molecular weight excluding hydrogens is 680 g/mol. The Kier molecular flexibility index (Phi) is 19.7. The molecule has 0 aliphatic heterocycles. The summed E-state index contributed by atoms with van der Waals surface area (Å²) in [6.45, 7) is 5.31. The normalized spacial score (nSPS) is 21.6. The van der Waals surface area contributed by atoms with Crippen molar-refractivity contribution in [3.8, 4) is 11.5 Å². The van der Waals surface area contributed by atoms with Gasteiger partial charge in [-0.05, 0) is 110 Å². The molecule has 0 heterocycles. The number of hydrogen-bond acceptors (Lipinski definition) is 6. The fourth-order valence-corrected chi connectivity index (χ4v) is 7.80. The van der Waals surface area contributed by atoms with E-state index in [0.717, 1.165) is 11.8 Å². The Bertz CT molecular complexity index is 1280. The van der Waals surface area contributed by atoms with E-state index in [0.29, 0.717) is 47.7 Å². The summed E-state index contributed by atoms with van der Waals surface area (Å²) >= 11 is 0. The van der Waals surface area contributed by atoms with Gasteiger partial charge in [0.25, 0.3) is 0 Å². The lowest BCUT2D eigenvalue weighted by molar-refractivity contribution is -0.179. The molecule has 2 saturated carbocycles. The third-order valence-electron chi connectivity index (χ3n) is 11.2. The number of benzene rings is 2. The zero-order valence-electron chi connectivity index (χ0n) is 32.9. The van der Waals surface area contributed by atoms with Crippen molar-refractivity contribution in [1.29, 1.82) is 0 Å². The molecule has 2 fully saturated rings. The highest BCUT2D eigenvalue weighted by Crippen LogP contribution is 2.34. The van der Waals surface area contributed by atoms with Crippen LogP contribution in [-0.4, -0.2) is 47.6 Å². The van der Waals surface area contributed by atoms with E-state index in [1.54, 1.807) is 48.5 Å². The smallest absolute Gasteiger partial charge is 0.336 e. The zero-order valence-corrected chi connectivity index (χ0v) is 32.9. The van der Waals surface area contributed by atoms with E-state index < -0.39 is 24.1 Å². The van der Waals surface area contributed by atoms with Crippen molar-refractivity contribution in [3.05, 3.63) is 84.0 Å². The molecule has 54 heavy (non-hydrogen) atoms. The second kappa shape index (κ2) is 24.7. The monoisotopic (exact) mass is 746 g/mol. The average Bonchev–Trinajstić information content (AvgIpc) is 3.18. The molecule has 0 unspecified atom stereocenters. The third-order valence-corrected chi connectivity index (χ3v) is 11.2. The lowest BCUT2D eigenvalue weighted by Gasteiger charge is -2.26. The van der Waals surface area contributed by atoms with Gasteiger partial charge in [0, 0.05) is 0 Å². The van der Waals surface area contributed by atoms with Gasteiger partial charge in [0.2, 0.25) is 0 Å². The van der Waals surface area contributed by atoms with Gasteiger partial charge < -0.3 is 29.2 Å². The van der Waals surface area contributed by atoms with Gasteiger partial charge in [-0.1, -0.05) is 114 Å². The van der Waals surface area contributed by atoms with Gasteiger partial charge >= 0.3 is 11.9 Å². The summed E-state index contributed by atoms with van der Waals surface area (Å²) in [6.07, 6.45) is 26.5. The quantitative estimate of drug-likeness (QED) is 0.0763. The maximum atomic E-state index is 12.1. The summed E-state index contributed by atoms with van der Waals surface area (Å²) < 4.78 is 23.0. The van der Waals surface area contributed by atoms with Crippen molar-refractivity contribution in [3.63, 3.8) is 0 Å². The van der Waals surface area contributed by atoms with E-state index >= 15 is 0 Å². The number of carboxylic acid groups (broad SMARTS) is 2.